The quantitative estimate of drug-likeness (QED) is 0.854. The molecule has 0 radical (unpaired) electrons. The average molecular weight is 289 g/mol. The first-order chi connectivity index (χ1) is 9.20. The van der Waals surface area contributed by atoms with Crippen molar-refractivity contribution in [2.45, 2.75) is 6.18 Å². The summed E-state index contributed by atoms with van der Waals surface area (Å²) >= 11 is 0. The number of hydrogen-bond acceptors (Lipinski definition) is 3. The van der Waals surface area contributed by atoms with Crippen LogP contribution in [0, 0.1) is 0 Å². The summed E-state index contributed by atoms with van der Waals surface area (Å²) in [4.78, 5) is 23.3. The van der Waals surface area contributed by atoms with E-state index in [1.54, 1.807) is 5.10 Å². The van der Waals surface area contributed by atoms with Crippen molar-refractivity contribution in [3.63, 3.8) is 0 Å². The number of rotatable bonds is 2. The van der Waals surface area contributed by atoms with E-state index in [0.29, 0.717) is 6.07 Å². The van der Waals surface area contributed by atoms with Crippen LogP contribution in [0.5, 0.6) is 0 Å². The van der Waals surface area contributed by atoms with Crippen LogP contribution in [0.3, 0.4) is 0 Å². The molecule has 0 aliphatic carbocycles. The number of hydrogen-bond donors (Lipinski definition) is 2. The van der Waals surface area contributed by atoms with Gasteiger partial charge in [0.15, 0.2) is 5.82 Å². The van der Waals surface area contributed by atoms with Crippen LogP contribution in [-0.4, -0.2) is 25.2 Å². The standard InChI is InChI=1S/C10H10F3N5O2/c1-17-4-5(18(2)9(17)20)8(19)14-7-3-6(15-16-7)10(11,12)13/h3-4H,1-2H3,(H2,14,15,16,19). The molecule has 0 bridgehead atoms. The van der Waals surface area contributed by atoms with Gasteiger partial charge >= 0.3 is 11.9 Å². The molecule has 0 saturated carbocycles. The molecule has 20 heavy (non-hydrogen) atoms. The van der Waals surface area contributed by atoms with Gasteiger partial charge in [-0.15, -0.1) is 0 Å². The third-order valence-electron chi connectivity index (χ3n) is 2.62. The molecule has 1 amide bonds. The molecule has 0 atom stereocenters. The number of halogens is 3. The van der Waals surface area contributed by atoms with Crippen LogP contribution in [0.1, 0.15) is 16.2 Å². The van der Waals surface area contributed by atoms with E-state index in [4.69, 9.17) is 0 Å². The summed E-state index contributed by atoms with van der Waals surface area (Å²) in [6.07, 6.45) is -3.30. The Bertz CT molecular complexity index is 709. The highest BCUT2D eigenvalue weighted by atomic mass is 19.4. The Morgan fingerprint density at radius 1 is 1.40 bits per heavy atom. The van der Waals surface area contributed by atoms with Crippen molar-refractivity contribution in [3.05, 3.63) is 34.1 Å². The van der Waals surface area contributed by atoms with Crippen molar-refractivity contribution < 1.29 is 18.0 Å². The monoisotopic (exact) mass is 289 g/mol. The molecule has 10 heteroatoms. The zero-order chi connectivity index (χ0) is 15.1. The molecule has 2 aromatic heterocycles. The van der Waals surface area contributed by atoms with Crippen molar-refractivity contribution in [2.24, 2.45) is 14.1 Å². The highest BCUT2D eigenvalue weighted by molar-refractivity contribution is 6.02. The van der Waals surface area contributed by atoms with Gasteiger partial charge in [-0.25, -0.2) is 4.79 Å². The smallest absolute Gasteiger partial charge is 0.304 e. The third kappa shape index (κ3) is 2.44. The van der Waals surface area contributed by atoms with Crippen molar-refractivity contribution in [1.29, 1.82) is 0 Å². The van der Waals surface area contributed by atoms with E-state index < -0.39 is 23.5 Å². The molecule has 108 valence electrons. The second-order valence-electron chi connectivity index (χ2n) is 4.09. The summed E-state index contributed by atoms with van der Waals surface area (Å²) in [5.41, 5.74) is -1.49. The summed E-state index contributed by atoms with van der Waals surface area (Å²) < 4.78 is 39.3. The number of anilines is 1. The van der Waals surface area contributed by atoms with Gasteiger partial charge in [0.1, 0.15) is 11.4 Å². The maximum absolute atomic E-state index is 12.3. The Morgan fingerprint density at radius 3 is 2.50 bits per heavy atom. The maximum atomic E-state index is 12.3. The lowest BCUT2D eigenvalue weighted by Crippen LogP contribution is -2.23. The number of aromatic nitrogens is 4. The Hall–Kier alpha value is -2.52. The van der Waals surface area contributed by atoms with E-state index in [1.807, 2.05) is 0 Å². The Kier molecular flexibility index (Phi) is 3.16. The number of nitrogens with one attached hydrogen (secondary N) is 2. The van der Waals surface area contributed by atoms with E-state index in [0.717, 1.165) is 4.57 Å². The Labute approximate surface area is 110 Å². The zero-order valence-corrected chi connectivity index (χ0v) is 10.4. The second kappa shape index (κ2) is 4.54. The van der Waals surface area contributed by atoms with Crippen molar-refractivity contribution in [3.8, 4) is 0 Å². The fraction of sp³-hybridized carbons (Fsp3) is 0.300. The normalized spacial score (nSPS) is 11.7. The van der Waals surface area contributed by atoms with Crippen molar-refractivity contribution in [2.75, 3.05) is 5.32 Å². The molecule has 0 aliphatic rings. The first-order valence-electron chi connectivity index (χ1n) is 5.36. The van der Waals surface area contributed by atoms with Gasteiger partial charge < -0.3 is 9.88 Å². The number of aromatic amines is 1. The largest absolute Gasteiger partial charge is 0.432 e. The van der Waals surface area contributed by atoms with Gasteiger partial charge in [0, 0.05) is 26.4 Å². The van der Waals surface area contributed by atoms with Gasteiger partial charge in [-0.3, -0.25) is 14.5 Å². The topological polar surface area (TPSA) is 84.7 Å². The zero-order valence-electron chi connectivity index (χ0n) is 10.4. The summed E-state index contributed by atoms with van der Waals surface area (Å²) in [6, 6.07) is 0.666. The molecule has 2 heterocycles. The van der Waals surface area contributed by atoms with Crippen LogP contribution in [0.25, 0.3) is 0 Å². The van der Waals surface area contributed by atoms with Crippen LogP contribution in [0.15, 0.2) is 17.1 Å². The minimum atomic E-state index is -4.57. The second-order valence-corrected chi connectivity index (χ2v) is 4.09. The van der Waals surface area contributed by atoms with Crippen LogP contribution < -0.4 is 11.0 Å². The van der Waals surface area contributed by atoms with E-state index in [2.05, 4.69) is 10.4 Å². The Balaban J connectivity index is 2.22. The summed E-state index contributed by atoms with van der Waals surface area (Å²) in [6.45, 7) is 0. The van der Waals surface area contributed by atoms with E-state index in [9.17, 15) is 22.8 Å². The molecule has 2 rings (SSSR count). The number of aryl methyl sites for hydroxylation is 1. The molecular weight excluding hydrogens is 279 g/mol. The van der Waals surface area contributed by atoms with Crippen LogP contribution in [0.2, 0.25) is 0 Å². The molecule has 7 nitrogen and oxygen atoms in total. The number of imidazole rings is 1. The molecule has 0 unspecified atom stereocenters. The van der Waals surface area contributed by atoms with Crippen molar-refractivity contribution >= 4 is 11.7 Å². The van der Waals surface area contributed by atoms with Crippen LogP contribution >= 0.6 is 0 Å². The number of H-pyrrole nitrogens is 1. The predicted octanol–water partition coefficient (Wildman–Crippen LogP) is 0.718. The molecule has 0 aromatic carbocycles. The van der Waals surface area contributed by atoms with Crippen LogP contribution in [-0.2, 0) is 20.3 Å². The molecular formula is C10H10F3N5O2. The van der Waals surface area contributed by atoms with Gasteiger partial charge in [-0.2, -0.15) is 18.3 Å². The number of amides is 1. The maximum Gasteiger partial charge on any atom is 0.432 e. The van der Waals surface area contributed by atoms with Gasteiger partial charge in [0.2, 0.25) is 0 Å². The summed E-state index contributed by atoms with van der Waals surface area (Å²) in [7, 11) is 2.83. The first-order valence-corrected chi connectivity index (χ1v) is 5.36. The Morgan fingerprint density at radius 2 is 2.05 bits per heavy atom. The number of carbonyl (C=O) groups is 1. The van der Waals surface area contributed by atoms with Gasteiger partial charge in [-0.1, -0.05) is 0 Å². The van der Waals surface area contributed by atoms with Crippen molar-refractivity contribution in [1.82, 2.24) is 19.3 Å². The lowest BCUT2D eigenvalue weighted by Gasteiger charge is -2.01. The number of nitrogens with zero attached hydrogens (tertiary/aromatic N) is 3. The SMILES string of the molecule is Cn1cc(C(=O)Nc2cc(C(F)(F)F)[nH]n2)n(C)c1=O. The molecule has 0 aliphatic heterocycles. The number of carbonyl (C=O) groups excluding carboxylic acids is 1. The average Bonchev–Trinajstić information content (AvgIpc) is 2.90. The molecule has 0 spiro atoms. The van der Waals surface area contributed by atoms with Gasteiger partial charge in [0.05, 0.1) is 0 Å². The first kappa shape index (κ1) is 13.9. The van der Waals surface area contributed by atoms with Crippen LogP contribution in [0.4, 0.5) is 19.0 Å². The third-order valence-corrected chi connectivity index (χ3v) is 2.62. The van der Waals surface area contributed by atoms with E-state index in [1.165, 1.54) is 24.9 Å². The molecule has 2 N–H and O–H groups in total. The lowest BCUT2D eigenvalue weighted by molar-refractivity contribution is -0.141. The minimum Gasteiger partial charge on any atom is -0.304 e. The fourth-order valence-electron chi connectivity index (χ4n) is 1.59. The number of alkyl halides is 3. The highest BCUT2D eigenvalue weighted by Crippen LogP contribution is 2.28. The predicted molar refractivity (Wildman–Crippen MR) is 62.2 cm³/mol. The molecule has 0 saturated heterocycles. The lowest BCUT2D eigenvalue weighted by atomic mass is 10.4. The molecule has 2 aromatic rings. The van der Waals surface area contributed by atoms with E-state index in [-0.39, 0.29) is 11.5 Å². The molecule has 0 fully saturated rings. The fourth-order valence-corrected chi connectivity index (χ4v) is 1.59. The summed E-state index contributed by atoms with van der Waals surface area (Å²) in [5.74, 6) is -1.01. The summed E-state index contributed by atoms with van der Waals surface area (Å²) in [5, 5.41) is 7.28. The minimum absolute atomic E-state index is 0.00839. The highest BCUT2D eigenvalue weighted by Gasteiger charge is 2.33. The van der Waals surface area contributed by atoms with E-state index >= 15 is 0 Å². The van der Waals surface area contributed by atoms with Gasteiger partial charge in [0.25, 0.3) is 5.91 Å². The van der Waals surface area contributed by atoms with Gasteiger partial charge in [-0.05, 0) is 0 Å².